The topological polar surface area (TPSA) is 65.3 Å². The monoisotopic (exact) mass is 417 g/mol. The van der Waals surface area contributed by atoms with Crippen LogP contribution in [0, 0.1) is 5.82 Å². The number of pyridine rings is 1. The standard InChI is InChI=1S/C20H20FN5O2.ClH/c1-27-19-7-6-13(8-22-19)9-25-10-16-18(11-25)28-12-17-20(23-24-26(16)17)14-4-2-3-5-15(14)21;/h2-8,16,18H,9-12H2,1H3;1H/t16-,18-;/m0./s1. The van der Waals surface area contributed by atoms with Gasteiger partial charge in [-0.05, 0) is 17.7 Å². The third kappa shape index (κ3) is 3.59. The Labute approximate surface area is 173 Å². The summed E-state index contributed by atoms with van der Waals surface area (Å²) in [5, 5.41) is 8.61. The molecule has 5 rings (SSSR count). The minimum absolute atomic E-state index is 0. The molecule has 0 N–H and O–H groups in total. The minimum atomic E-state index is -0.298. The summed E-state index contributed by atoms with van der Waals surface area (Å²) in [5.41, 5.74) is 2.98. The number of fused-ring (bicyclic) bond motifs is 3. The van der Waals surface area contributed by atoms with Gasteiger partial charge in [-0.2, -0.15) is 0 Å². The van der Waals surface area contributed by atoms with Gasteiger partial charge in [-0.15, -0.1) is 17.5 Å². The fourth-order valence-corrected chi connectivity index (χ4v) is 4.01. The molecule has 1 saturated heterocycles. The summed E-state index contributed by atoms with van der Waals surface area (Å²) in [7, 11) is 1.61. The lowest BCUT2D eigenvalue weighted by molar-refractivity contribution is -0.00495. The summed E-state index contributed by atoms with van der Waals surface area (Å²) >= 11 is 0. The molecule has 4 heterocycles. The summed E-state index contributed by atoms with van der Waals surface area (Å²) in [4.78, 5) is 6.59. The number of methoxy groups -OCH3 is 1. The average Bonchev–Trinajstić information content (AvgIpc) is 3.32. The number of halogens is 2. The van der Waals surface area contributed by atoms with Crippen LogP contribution in [0.1, 0.15) is 17.3 Å². The second-order valence-electron chi connectivity index (χ2n) is 7.13. The van der Waals surface area contributed by atoms with Crippen LogP contribution < -0.4 is 4.74 Å². The molecular weight excluding hydrogens is 397 g/mol. The van der Waals surface area contributed by atoms with Crippen LogP contribution >= 0.6 is 12.4 Å². The van der Waals surface area contributed by atoms with E-state index in [1.807, 2.05) is 23.0 Å². The van der Waals surface area contributed by atoms with Crippen LogP contribution in [-0.4, -0.2) is 51.2 Å². The Balaban J connectivity index is 0.00000205. The van der Waals surface area contributed by atoms with Crippen molar-refractivity contribution in [2.24, 2.45) is 0 Å². The molecule has 1 fully saturated rings. The lowest BCUT2D eigenvalue weighted by Crippen LogP contribution is -2.32. The molecule has 2 aliphatic rings. The number of aromatic nitrogens is 4. The minimum Gasteiger partial charge on any atom is -0.481 e. The van der Waals surface area contributed by atoms with Gasteiger partial charge < -0.3 is 9.47 Å². The third-order valence-electron chi connectivity index (χ3n) is 5.39. The summed E-state index contributed by atoms with van der Waals surface area (Å²) < 4.78 is 27.3. The Kier molecular flexibility index (Phi) is 5.49. The van der Waals surface area contributed by atoms with E-state index in [1.54, 1.807) is 25.3 Å². The first kappa shape index (κ1) is 19.8. The quantitative estimate of drug-likeness (QED) is 0.650. The van der Waals surface area contributed by atoms with Crippen LogP contribution in [0.15, 0.2) is 42.6 Å². The first-order valence-electron chi connectivity index (χ1n) is 9.25. The van der Waals surface area contributed by atoms with Gasteiger partial charge in [-0.3, -0.25) is 4.90 Å². The molecule has 0 radical (unpaired) electrons. The van der Waals surface area contributed by atoms with Crippen molar-refractivity contribution >= 4 is 12.4 Å². The van der Waals surface area contributed by atoms with Crippen molar-refractivity contribution < 1.29 is 13.9 Å². The van der Waals surface area contributed by atoms with Crippen molar-refractivity contribution in [1.82, 2.24) is 24.9 Å². The van der Waals surface area contributed by atoms with Gasteiger partial charge in [0.1, 0.15) is 11.5 Å². The molecule has 152 valence electrons. The van der Waals surface area contributed by atoms with Gasteiger partial charge in [0.05, 0.1) is 31.6 Å². The van der Waals surface area contributed by atoms with E-state index in [9.17, 15) is 4.39 Å². The maximum Gasteiger partial charge on any atom is 0.212 e. The molecule has 2 atom stereocenters. The number of hydrogen-bond acceptors (Lipinski definition) is 6. The lowest BCUT2D eigenvalue weighted by Gasteiger charge is -2.26. The number of ether oxygens (including phenoxy) is 2. The summed E-state index contributed by atoms with van der Waals surface area (Å²) in [6.07, 6.45) is 1.88. The maximum atomic E-state index is 14.2. The smallest absolute Gasteiger partial charge is 0.212 e. The van der Waals surface area contributed by atoms with Crippen molar-refractivity contribution in [3.63, 3.8) is 0 Å². The van der Waals surface area contributed by atoms with Crippen LogP contribution in [0.5, 0.6) is 5.88 Å². The number of rotatable bonds is 4. The fourth-order valence-electron chi connectivity index (χ4n) is 4.01. The molecule has 0 bridgehead atoms. The molecule has 2 aromatic heterocycles. The van der Waals surface area contributed by atoms with Crippen LogP contribution in [0.25, 0.3) is 11.3 Å². The van der Waals surface area contributed by atoms with Crippen LogP contribution in [-0.2, 0) is 17.9 Å². The van der Waals surface area contributed by atoms with Crippen LogP contribution in [0.2, 0.25) is 0 Å². The van der Waals surface area contributed by atoms with E-state index in [2.05, 4.69) is 20.2 Å². The van der Waals surface area contributed by atoms with Gasteiger partial charge in [0, 0.05) is 37.5 Å². The van der Waals surface area contributed by atoms with Crippen molar-refractivity contribution in [1.29, 1.82) is 0 Å². The molecular formula is C20H21ClFN5O2. The largest absolute Gasteiger partial charge is 0.481 e. The predicted octanol–water partition coefficient (Wildman–Crippen LogP) is 2.87. The van der Waals surface area contributed by atoms with Gasteiger partial charge in [-0.25, -0.2) is 14.1 Å². The molecule has 0 aliphatic carbocycles. The van der Waals surface area contributed by atoms with Crippen molar-refractivity contribution in [3.8, 4) is 17.1 Å². The average molecular weight is 418 g/mol. The summed E-state index contributed by atoms with van der Waals surface area (Å²) in [5.74, 6) is 0.308. The van der Waals surface area contributed by atoms with Crippen molar-refractivity contribution in [2.45, 2.75) is 25.3 Å². The van der Waals surface area contributed by atoms with E-state index in [4.69, 9.17) is 9.47 Å². The number of hydrogen-bond donors (Lipinski definition) is 0. The zero-order valence-corrected chi connectivity index (χ0v) is 16.7. The second kappa shape index (κ2) is 8.06. The highest BCUT2D eigenvalue weighted by Gasteiger charge is 2.40. The molecule has 3 aromatic rings. The van der Waals surface area contributed by atoms with E-state index >= 15 is 0 Å². The Morgan fingerprint density at radius 2 is 2.07 bits per heavy atom. The first-order chi connectivity index (χ1) is 13.7. The molecule has 0 amide bonds. The maximum absolute atomic E-state index is 14.2. The zero-order chi connectivity index (χ0) is 19.1. The van der Waals surface area contributed by atoms with Gasteiger partial charge in [0.2, 0.25) is 5.88 Å². The highest BCUT2D eigenvalue weighted by atomic mass is 35.5. The highest BCUT2D eigenvalue weighted by Crippen LogP contribution is 2.35. The summed E-state index contributed by atoms with van der Waals surface area (Å²) in [6, 6.07) is 10.6. The van der Waals surface area contributed by atoms with E-state index < -0.39 is 0 Å². The first-order valence-corrected chi connectivity index (χ1v) is 9.25. The fraction of sp³-hybridized carbons (Fsp3) is 0.350. The molecule has 1 aromatic carbocycles. The molecule has 7 nitrogen and oxygen atoms in total. The van der Waals surface area contributed by atoms with Gasteiger partial charge in [-0.1, -0.05) is 23.4 Å². The molecule has 9 heteroatoms. The summed E-state index contributed by atoms with van der Waals surface area (Å²) in [6.45, 7) is 2.77. The Morgan fingerprint density at radius 1 is 1.21 bits per heavy atom. The van der Waals surface area contributed by atoms with Crippen molar-refractivity contribution in [3.05, 3.63) is 59.7 Å². The Morgan fingerprint density at radius 3 is 2.83 bits per heavy atom. The Bertz CT molecular complexity index is 997. The number of likely N-dealkylation sites (tertiary alicyclic amines) is 1. The van der Waals surface area contributed by atoms with Crippen LogP contribution in [0.4, 0.5) is 4.39 Å². The molecule has 0 saturated carbocycles. The van der Waals surface area contributed by atoms with Crippen LogP contribution in [0.3, 0.4) is 0 Å². The predicted molar refractivity (Wildman–Crippen MR) is 106 cm³/mol. The molecule has 0 unspecified atom stereocenters. The number of benzene rings is 1. The van der Waals surface area contributed by atoms with Gasteiger partial charge in [0.15, 0.2) is 0 Å². The molecule has 2 aliphatic heterocycles. The second-order valence-corrected chi connectivity index (χ2v) is 7.13. The SMILES string of the molecule is COc1ccc(CN2C[C@@H]3OCc4c(-c5ccccc5F)nnn4[C@H]3C2)cn1.Cl. The lowest BCUT2D eigenvalue weighted by atomic mass is 10.1. The van der Waals surface area contributed by atoms with E-state index in [1.165, 1.54) is 6.07 Å². The van der Waals surface area contributed by atoms with E-state index in [0.717, 1.165) is 30.9 Å². The van der Waals surface area contributed by atoms with Gasteiger partial charge in [0.25, 0.3) is 0 Å². The number of nitrogens with zero attached hydrogens (tertiary/aromatic N) is 5. The third-order valence-corrected chi connectivity index (χ3v) is 5.39. The highest BCUT2D eigenvalue weighted by molar-refractivity contribution is 5.85. The normalized spacial score (nSPS) is 20.6. The molecule has 29 heavy (non-hydrogen) atoms. The zero-order valence-electron chi connectivity index (χ0n) is 15.9. The van der Waals surface area contributed by atoms with E-state index in [-0.39, 0.29) is 30.4 Å². The van der Waals surface area contributed by atoms with Gasteiger partial charge >= 0.3 is 0 Å². The Hall–Kier alpha value is -2.55. The van der Waals surface area contributed by atoms with E-state index in [0.29, 0.717) is 23.7 Å². The molecule has 0 spiro atoms. The van der Waals surface area contributed by atoms with Crippen molar-refractivity contribution in [2.75, 3.05) is 20.2 Å².